The second-order valence-corrected chi connectivity index (χ2v) is 4.30. The van der Waals surface area contributed by atoms with E-state index in [4.69, 9.17) is 10.2 Å². The predicted molar refractivity (Wildman–Crippen MR) is 66.5 cm³/mol. The van der Waals surface area contributed by atoms with E-state index in [1.165, 1.54) is 6.07 Å². The van der Waals surface area contributed by atoms with Crippen LogP contribution in [0.4, 0.5) is 8.78 Å². The summed E-state index contributed by atoms with van der Waals surface area (Å²) in [6.07, 6.45) is -0.844. The summed E-state index contributed by atoms with van der Waals surface area (Å²) in [7, 11) is 0. The number of halogens is 2. The second kappa shape index (κ2) is 7.32. The number of benzene rings is 1. The number of hydrogen-bond acceptors (Lipinski definition) is 3. The molecule has 3 N–H and O–H groups in total. The molecule has 0 aromatic heterocycles. The van der Waals surface area contributed by atoms with E-state index in [2.05, 4.69) is 5.32 Å². The monoisotopic (exact) mass is 301 g/mol. The first-order valence-electron chi connectivity index (χ1n) is 5.97. The largest absolute Gasteiger partial charge is 0.481 e. The van der Waals surface area contributed by atoms with Gasteiger partial charge in [-0.3, -0.25) is 9.59 Å². The quantitative estimate of drug-likeness (QED) is 0.695. The van der Waals surface area contributed by atoms with Crippen LogP contribution in [-0.4, -0.2) is 34.1 Å². The Labute approximate surface area is 118 Å². The van der Waals surface area contributed by atoms with Gasteiger partial charge in [-0.2, -0.15) is 0 Å². The van der Waals surface area contributed by atoms with Gasteiger partial charge in [-0.15, -0.1) is 0 Å². The Kier molecular flexibility index (Phi) is 5.77. The fourth-order valence-corrected chi connectivity index (χ4v) is 1.59. The molecular weight excluding hydrogens is 288 g/mol. The maximum absolute atomic E-state index is 12.9. The van der Waals surface area contributed by atoms with Crippen LogP contribution < -0.4 is 5.32 Å². The average molecular weight is 301 g/mol. The van der Waals surface area contributed by atoms with Crippen molar-refractivity contribution < 1.29 is 33.4 Å². The van der Waals surface area contributed by atoms with Gasteiger partial charge in [0.25, 0.3) is 0 Å². The minimum absolute atomic E-state index is 0.0719. The summed E-state index contributed by atoms with van der Waals surface area (Å²) >= 11 is 0. The number of carbonyl (C=O) groups is 3. The fourth-order valence-electron chi connectivity index (χ4n) is 1.59. The molecule has 0 spiro atoms. The smallest absolute Gasteiger partial charge is 0.326 e. The van der Waals surface area contributed by atoms with Gasteiger partial charge in [-0.05, 0) is 24.1 Å². The first-order chi connectivity index (χ1) is 9.79. The molecule has 0 heterocycles. The summed E-state index contributed by atoms with van der Waals surface area (Å²) in [5.74, 6) is -5.55. The van der Waals surface area contributed by atoms with Crippen molar-refractivity contribution in [1.29, 1.82) is 0 Å². The van der Waals surface area contributed by atoms with Gasteiger partial charge in [-0.25, -0.2) is 13.6 Å². The van der Waals surface area contributed by atoms with Crippen LogP contribution in [0.15, 0.2) is 18.2 Å². The lowest BCUT2D eigenvalue weighted by Crippen LogP contribution is -2.42. The van der Waals surface area contributed by atoms with E-state index in [1.807, 2.05) is 0 Å². The van der Waals surface area contributed by atoms with E-state index in [0.29, 0.717) is 5.56 Å². The Hall–Kier alpha value is -2.51. The van der Waals surface area contributed by atoms with Gasteiger partial charge in [0.2, 0.25) is 5.91 Å². The Morgan fingerprint density at radius 2 is 1.81 bits per heavy atom. The van der Waals surface area contributed by atoms with Crippen molar-refractivity contribution >= 4 is 17.8 Å². The van der Waals surface area contributed by atoms with E-state index in [9.17, 15) is 23.2 Å². The van der Waals surface area contributed by atoms with Crippen molar-refractivity contribution in [2.45, 2.75) is 25.3 Å². The minimum Gasteiger partial charge on any atom is -0.481 e. The fraction of sp³-hybridized carbons (Fsp3) is 0.308. The highest BCUT2D eigenvalue weighted by molar-refractivity contribution is 5.86. The summed E-state index contributed by atoms with van der Waals surface area (Å²) in [4.78, 5) is 32.7. The van der Waals surface area contributed by atoms with Crippen LogP contribution in [0.2, 0.25) is 0 Å². The van der Waals surface area contributed by atoms with Crippen molar-refractivity contribution in [2.24, 2.45) is 0 Å². The number of hydrogen-bond donors (Lipinski definition) is 3. The molecule has 21 heavy (non-hydrogen) atoms. The zero-order chi connectivity index (χ0) is 16.0. The first-order valence-corrected chi connectivity index (χ1v) is 5.97. The molecule has 0 aliphatic carbocycles. The van der Waals surface area contributed by atoms with Gasteiger partial charge < -0.3 is 15.5 Å². The summed E-state index contributed by atoms with van der Waals surface area (Å²) in [5.41, 5.74) is 0.370. The van der Waals surface area contributed by atoms with Crippen molar-refractivity contribution in [3.05, 3.63) is 35.4 Å². The second-order valence-electron chi connectivity index (χ2n) is 4.30. The summed E-state index contributed by atoms with van der Waals surface area (Å²) in [5, 5.41) is 19.3. The number of aliphatic carboxylic acids is 2. The molecule has 0 radical (unpaired) electrons. The molecular formula is C13H13F2NO5. The first kappa shape index (κ1) is 16.5. The van der Waals surface area contributed by atoms with Crippen LogP contribution in [-0.2, 0) is 20.8 Å². The number of nitrogens with one attached hydrogen (secondary N) is 1. The van der Waals surface area contributed by atoms with Crippen molar-refractivity contribution in [1.82, 2.24) is 5.32 Å². The molecule has 0 bridgehead atoms. The SMILES string of the molecule is O=C(O)C[C@@H](NC(=O)CCc1ccc(F)c(F)c1)C(=O)O. The lowest BCUT2D eigenvalue weighted by Gasteiger charge is -2.12. The van der Waals surface area contributed by atoms with Gasteiger partial charge >= 0.3 is 11.9 Å². The highest BCUT2D eigenvalue weighted by Gasteiger charge is 2.22. The van der Waals surface area contributed by atoms with Crippen LogP contribution in [0.5, 0.6) is 0 Å². The van der Waals surface area contributed by atoms with Crippen LogP contribution >= 0.6 is 0 Å². The molecule has 1 aromatic rings. The normalized spacial score (nSPS) is 11.7. The average Bonchev–Trinajstić information content (AvgIpc) is 2.38. The number of amides is 1. The van der Waals surface area contributed by atoms with Gasteiger partial charge in [0.15, 0.2) is 11.6 Å². The molecule has 1 atom stereocenters. The van der Waals surface area contributed by atoms with Gasteiger partial charge in [-0.1, -0.05) is 6.07 Å². The molecule has 0 saturated carbocycles. The van der Waals surface area contributed by atoms with Crippen LogP contribution in [0.1, 0.15) is 18.4 Å². The molecule has 114 valence electrons. The molecule has 0 unspecified atom stereocenters. The summed E-state index contributed by atoms with van der Waals surface area (Å²) in [6, 6.07) is 1.64. The van der Waals surface area contributed by atoms with E-state index in [1.54, 1.807) is 0 Å². The molecule has 1 amide bonds. The lowest BCUT2D eigenvalue weighted by molar-refractivity contribution is -0.147. The van der Waals surface area contributed by atoms with E-state index < -0.39 is 41.9 Å². The zero-order valence-corrected chi connectivity index (χ0v) is 10.8. The van der Waals surface area contributed by atoms with Crippen LogP contribution in [0.3, 0.4) is 0 Å². The van der Waals surface area contributed by atoms with E-state index in [-0.39, 0.29) is 12.8 Å². The molecule has 1 aromatic carbocycles. The highest BCUT2D eigenvalue weighted by atomic mass is 19.2. The Morgan fingerprint density at radius 1 is 1.14 bits per heavy atom. The summed E-state index contributed by atoms with van der Waals surface area (Å²) < 4.78 is 25.6. The Morgan fingerprint density at radius 3 is 2.33 bits per heavy atom. The minimum atomic E-state index is -1.53. The van der Waals surface area contributed by atoms with Crippen molar-refractivity contribution in [3.63, 3.8) is 0 Å². The maximum Gasteiger partial charge on any atom is 0.326 e. The van der Waals surface area contributed by atoms with E-state index in [0.717, 1.165) is 12.1 Å². The molecule has 6 nitrogen and oxygen atoms in total. The van der Waals surface area contributed by atoms with E-state index >= 15 is 0 Å². The Bertz CT molecular complexity index is 561. The highest BCUT2D eigenvalue weighted by Crippen LogP contribution is 2.10. The van der Waals surface area contributed by atoms with Gasteiger partial charge in [0.1, 0.15) is 6.04 Å². The van der Waals surface area contributed by atoms with Crippen LogP contribution in [0, 0.1) is 11.6 Å². The van der Waals surface area contributed by atoms with Crippen LogP contribution in [0.25, 0.3) is 0 Å². The number of rotatable bonds is 7. The standard InChI is InChI=1S/C13H13F2NO5/c14-8-3-1-7(5-9(8)15)2-4-11(17)16-10(13(20)21)6-12(18)19/h1,3,5,10H,2,4,6H2,(H,16,17)(H,18,19)(H,20,21)/t10-/m1/s1. The third kappa shape index (κ3) is 5.55. The van der Waals surface area contributed by atoms with Crippen molar-refractivity contribution in [2.75, 3.05) is 0 Å². The molecule has 0 aliphatic rings. The molecule has 1 rings (SSSR count). The maximum atomic E-state index is 12.9. The topological polar surface area (TPSA) is 104 Å². The Balaban J connectivity index is 2.54. The number of carboxylic acid groups (broad SMARTS) is 2. The molecule has 8 heteroatoms. The number of carbonyl (C=O) groups excluding carboxylic acids is 1. The predicted octanol–water partition coefficient (Wildman–Crippen LogP) is 0.942. The number of aryl methyl sites for hydroxylation is 1. The van der Waals surface area contributed by atoms with Gasteiger partial charge in [0, 0.05) is 6.42 Å². The summed E-state index contributed by atoms with van der Waals surface area (Å²) in [6.45, 7) is 0. The lowest BCUT2D eigenvalue weighted by atomic mass is 10.1. The molecule has 0 aliphatic heterocycles. The third-order valence-corrected chi connectivity index (χ3v) is 2.64. The van der Waals surface area contributed by atoms with Gasteiger partial charge in [0.05, 0.1) is 6.42 Å². The van der Waals surface area contributed by atoms with Crippen molar-refractivity contribution in [3.8, 4) is 0 Å². The molecule has 0 saturated heterocycles. The number of carboxylic acids is 2. The third-order valence-electron chi connectivity index (χ3n) is 2.64. The molecule has 0 fully saturated rings. The zero-order valence-electron chi connectivity index (χ0n) is 10.8.